The minimum absolute atomic E-state index is 1.07. The number of unbranched alkanes of at least 4 members (excludes halogenated alkanes) is 4. The quantitative estimate of drug-likeness (QED) is 0.410. The van der Waals surface area contributed by atoms with Gasteiger partial charge in [-0.05, 0) is 49.4 Å². The highest BCUT2D eigenvalue weighted by molar-refractivity contribution is 4.81. The topological polar surface area (TPSA) is 0 Å². The van der Waals surface area contributed by atoms with Crippen LogP contribution in [0, 0.1) is 23.7 Å². The molecule has 0 aromatic heterocycles. The molecule has 0 aromatic rings. The van der Waals surface area contributed by atoms with Crippen molar-refractivity contribution in [1.29, 1.82) is 0 Å². The highest BCUT2D eigenvalue weighted by Gasteiger charge is 2.30. The molecule has 0 aliphatic heterocycles. The largest absolute Gasteiger partial charge is 0.0654 e. The molecule has 0 spiro atoms. The third-order valence-corrected chi connectivity index (χ3v) is 6.74. The zero-order valence-electron chi connectivity index (χ0n) is 14.9. The number of rotatable bonds is 8. The highest BCUT2D eigenvalue weighted by atomic mass is 14.4. The fraction of sp³-hybridized carbons (Fsp3) is 1.00. The Bertz CT molecular complexity index is 241. The van der Waals surface area contributed by atoms with Gasteiger partial charge < -0.3 is 0 Å². The third-order valence-electron chi connectivity index (χ3n) is 6.74. The van der Waals surface area contributed by atoms with Gasteiger partial charge in [0.05, 0.1) is 0 Å². The smallest absolute Gasteiger partial charge is 0.0386 e. The lowest BCUT2D eigenvalue weighted by atomic mass is 9.68. The Morgan fingerprint density at radius 3 is 1.62 bits per heavy atom. The molecule has 2 rings (SSSR count). The molecule has 0 radical (unpaired) electrons. The lowest BCUT2D eigenvalue weighted by Crippen LogP contribution is -2.25. The Hall–Kier alpha value is 0. The molecule has 2 aliphatic rings. The zero-order valence-corrected chi connectivity index (χ0v) is 14.9. The summed E-state index contributed by atoms with van der Waals surface area (Å²) < 4.78 is 0. The molecule has 0 N–H and O–H groups in total. The molecule has 0 unspecified atom stereocenters. The first-order valence-electron chi connectivity index (χ1n) is 10.3. The summed E-state index contributed by atoms with van der Waals surface area (Å²) in [5.74, 6) is 4.38. The van der Waals surface area contributed by atoms with Gasteiger partial charge >= 0.3 is 0 Å². The van der Waals surface area contributed by atoms with Crippen LogP contribution >= 0.6 is 0 Å². The summed E-state index contributed by atoms with van der Waals surface area (Å²) >= 11 is 0. The van der Waals surface area contributed by atoms with E-state index in [1.54, 1.807) is 57.8 Å². The van der Waals surface area contributed by atoms with Crippen molar-refractivity contribution in [3.8, 4) is 0 Å². The Kier molecular flexibility index (Phi) is 8.19. The van der Waals surface area contributed by atoms with Gasteiger partial charge in [-0.25, -0.2) is 0 Å². The van der Waals surface area contributed by atoms with Crippen molar-refractivity contribution in [2.45, 2.75) is 110 Å². The van der Waals surface area contributed by atoms with Crippen LogP contribution in [0.4, 0.5) is 0 Å². The minimum atomic E-state index is 1.07. The van der Waals surface area contributed by atoms with E-state index in [9.17, 15) is 0 Å². The fourth-order valence-electron chi connectivity index (χ4n) is 5.05. The van der Waals surface area contributed by atoms with Crippen LogP contribution in [0.15, 0.2) is 0 Å². The fourth-order valence-corrected chi connectivity index (χ4v) is 5.05. The van der Waals surface area contributed by atoms with Crippen LogP contribution in [0.25, 0.3) is 0 Å². The summed E-state index contributed by atoms with van der Waals surface area (Å²) in [6.45, 7) is 4.70. The standard InChI is InChI=1S/C21H40/c1-3-5-6-7-8-9-19-12-16-21(17-13-19)20-14-10-18(4-2)11-15-20/h18-21H,3-17H2,1-2H3. The van der Waals surface area contributed by atoms with Crippen LogP contribution in [-0.2, 0) is 0 Å². The summed E-state index contributed by atoms with van der Waals surface area (Å²) in [5, 5.41) is 0. The zero-order chi connectivity index (χ0) is 14.9. The van der Waals surface area contributed by atoms with Crippen molar-refractivity contribution in [3.63, 3.8) is 0 Å². The molecular formula is C21H40. The van der Waals surface area contributed by atoms with Crippen molar-refractivity contribution < 1.29 is 0 Å². The Morgan fingerprint density at radius 1 is 0.571 bits per heavy atom. The van der Waals surface area contributed by atoms with Crippen molar-refractivity contribution in [1.82, 2.24) is 0 Å². The van der Waals surface area contributed by atoms with Crippen LogP contribution in [0.1, 0.15) is 110 Å². The summed E-state index contributed by atoms with van der Waals surface area (Å²) in [5.41, 5.74) is 0. The number of hydrogen-bond donors (Lipinski definition) is 0. The molecule has 0 saturated heterocycles. The van der Waals surface area contributed by atoms with Crippen LogP contribution in [-0.4, -0.2) is 0 Å². The Labute approximate surface area is 134 Å². The van der Waals surface area contributed by atoms with Gasteiger partial charge in [0.2, 0.25) is 0 Å². The van der Waals surface area contributed by atoms with E-state index >= 15 is 0 Å². The first-order valence-corrected chi connectivity index (χ1v) is 10.3. The lowest BCUT2D eigenvalue weighted by molar-refractivity contribution is 0.141. The van der Waals surface area contributed by atoms with E-state index in [2.05, 4.69) is 13.8 Å². The van der Waals surface area contributed by atoms with Crippen molar-refractivity contribution in [2.75, 3.05) is 0 Å². The average Bonchev–Trinajstić information content (AvgIpc) is 2.55. The van der Waals surface area contributed by atoms with Gasteiger partial charge in [-0.3, -0.25) is 0 Å². The molecule has 0 heteroatoms. The van der Waals surface area contributed by atoms with Gasteiger partial charge in [0.25, 0.3) is 0 Å². The van der Waals surface area contributed by atoms with E-state index in [0.29, 0.717) is 0 Å². The van der Waals surface area contributed by atoms with Crippen LogP contribution in [0.5, 0.6) is 0 Å². The molecule has 0 aromatic carbocycles. The van der Waals surface area contributed by atoms with E-state index in [1.165, 1.54) is 38.5 Å². The second kappa shape index (κ2) is 9.90. The monoisotopic (exact) mass is 292 g/mol. The maximum Gasteiger partial charge on any atom is -0.0386 e. The molecule has 0 atom stereocenters. The molecule has 0 bridgehead atoms. The van der Waals surface area contributed by atoms with Crippen molar-refractivity contribution in [3.05, 3.63) is 0 Å². The Morgan fingerprint density at radius 2 is 1.10 bits per heavy atom. The molecule has 2 aliphatic carbocycles. The molecule has 124 valence electrons. The molecule has 21 heavy (non-hydrogen) atoms. The van der Waals surface area contributed by atoms with E-state index < -0.39 is 0 Å². The van der Waals surface area contributed by atoms with Gasteiger partial charge in [-0.1, -0.05) is 84.5 Å². The number of hydrogen-bond acceptors (Lipinski definition) is 0. The second-order valence-corrected chi connectivity index (χ2v) is 8.17. The van der Waals surface area contributed by atoms with Gasteiger partial charge in [0, 0.05) is 0 Å². The predicted octanol–water partition coefficient (Wildman–Crippen LogP) is 7.37. The summed E-state index contributed by atoms with van der Waals surface area (Å²) in [6.07, 6.45) is 22.8. The van der Waals surface area contributed by atoms with Crippen LogP contribution in [0.2, 0.25) is 0 Å². The lowest BCUT2D eigenvalue weighted by Gasteiger charge is -2.37. The molecular weight excluding hydrogens is 252 g/mol. The average molecular weight is 293 g/mol. The van der Waals surface area contributed by atoms with Crippen LogP contribution < -0.4 is 0 Å². The second-order valence-electron chi connectivity index (χ2n) is 8.17. The summed E-state index contributed by atoms with van der Waals surface area (Å²) in [6, 6.07) is 0. The van der Waals surface area contributed by atoms with E-state index in [4.69, 9.17) is 0 Å². The van der Waals surface area contributed by atoms with E-state index in [-0.39, 0.29) is 0 Å². The minimum Gasteiger partial charge on any atom is -0.0654 e. The Balaban J connectivity index is 1.56. The summed E-state index contributed by atoms with van der Waals surface area (Å²) in [7, 11) is 0. The molecule has 0 nitrogen and oxygen atoms in total. The maximum atomic E-state index is 2.39. The molecule has 2 fully saturated rings. The van der Waals surface area contributed by atoms with Crippen molar-refractivity contribution >= 4 is 0 Å². The maximum absolute atomic E-state index is 2.39. The molecule has 0 heterocycles. The first-order chi connectivity index (χ1) is 10.3. The highest BCUT2D eigenvalue weighted by Crippen LogP contribution is 2.42. The SMILES string of the molecule is CCCCCCCC1CCC(C2CCC(CC)CC2)CC1. The molecule has 0 amide bonds. The van der Waals surface area contributed by atoms with Gasteiger partial charge in [-0.2, -0.15) is 0 Å². The molecule has 2 saturated carbocycles. The normalized spacial score (nSPS) is 34.0. The summed E-state index contributed by atoms with van der Waals surface area (Å²) in [4.78, 5) is 0. The third kappa shape index (κ3) is 5.95. The van der Waals surface area contributed by atoms with Gasteiger partial charge in [-0.15, -0.1) is 0 Å². The predicted molar refractivity (Wildman–Crippen MR) is 94.6 cm³/mol. The van der Waals surface area contributed by atoms with E-state index in [0.717, 1.165) is 23.7 Å². The first kappa shape index (κ1) is 17.4. The van der Waals surface area contributed by atoms with Gasteiger partial charge in [0.15, 0.2) is 0 Å². The van der Waals surface area contributed by atoms with Crippen molar-refractivity contribution in [2.24, 2.45) is 23.7 Å². The van der Waals surface area contributed by atoms with E-state index in [1.807, 2.05) is 0 Å². The van der Waals surface area contributed by atoms with Gasteiger partial charge in [0.1, 0.15) is 0 Å². The van der Waals surface area contributed by atoms with Crippen LogP contribution in [0.3, 0.4) is 0 Å².